The van der Waals surface area contributed by atoms with Crippen LogP contribution in [0, 0.1) is 13.8 Å². The van der Waals surface area contributed by atoms with Crippen LogP contribution in [0.15, 0.2) is 42.6 Å². The third-order valence-electron chi connectivity index (χ3n) is 2.92. The van der Waals surface area contributed by atoms with E-state index in [-0.39, 0.29) is 0 Å². The van der Waals surface area contributed by atoms with Crippen molar-refractivity contribution in [2.45, 2.75) is 13.8 Å². The van der Waals surface area contributed by atoms with Gasteiger partial charge < -0.3 is 0 Å². The predicted molar refractivity (Wildman–Crippen MR) is 67.9 cm³/mol. The van der Waals surface area contributed by atoms with E-state index in [9.17, 15) is 0 Å². The van der Waals surface area contributed by atoms with Gasteiger partial charge in [-0.3, -0.25) is 4.40 Å². The van der Waals surface area contributed by atoms with Crippen molar-refractivity contribution in [3.05, 3.63) is 54.0 Å². The minimum atomic E-state index is 0.888. The van der Waals surface area contributed by atoms with Crippen molar-refractivity contribution in [1.82, 2.24) is 14.6 Å². The van der Waals surface area contributed by atoms with Gasteiger partial charge in [0.15, 0.2) is 5.65 Å². The summed E-state index contributed by atoms with van der Waals surface area (Å²) in [4.78, 5) is 0. The summed E-state index contributed by atoms with van der Waals surface area (Å²) < 4.78 is 2.01. The van der Waals surface area contributed by atoms with E-state index in [4.69, 9.17) is 0 Å². The van der Waals surface area contributed by atoms with Crippen LogP contribution >= 0.6 is 0 Å². The number of aromatic nitrogens is 3. The Morgan fingerprint density at radius 1 is 0.941 bits per heavy atom. The summed E-state index contributed by atoms with van der Waals surface area (Å²) in [6, 6.07) is 12.6. The molecule has 3 rings (SSSR count). The minimum Gasteiger partial charge on any atom is -0.286 e. The Bertz CT molecular complexity index is 683. The topological polar surface area (TPSA) is 30.2 Å². The molecular formula is C14H13N3. The second-order valence-corrected chi connectivity index (χ2v) is 4.26. The summed E-state index contributed by atoms with van der Waals surface area (Å²) in [5.41, 5.74) is 4.56. The molecule has 0 fully saturated rings. The highest BCUT2D eigenvalue weighted by molar-refractivity contribution is 5.65. The van der Waals surface area contributed by atoms with Gasteiger partial charge in [-0.25, -0.2) is 0 Å². The Kier molecular flexibility index (Phi) is 2.18. The van der Waals surface area contributed by atoms with Crippen LogP contribution in [0.4, 0.5) is 0 Å². The summed E-state index contributed by atoms with van der Waals surface area (Å²) in [7, 11) is 0. The van der Waals surface area contributed by atoms with Crippen LogP contribution in [-0.4, -0.2) is 14.6 Å². The number of aryl methyl sites for hydroxylation is 2. The van der Waals surface area contributed by atoms with Crippen molar-refractivity contribution in [3.63, 3.8) is 0 Å². The fraction of sp³-hybridized carbons (Fsp3) is 0.143. The number of rotatable bonds is 1. The van der Waals surface area contributed by atoms with Crippen LogP contribution in [0.25, 0.3) is 16.8 Å². The fourth-order valence-electron chi connectivity index (χ4n) is 2.00. The number of hydrogen-bond acceptors (Lipinski definition) is 2. The molecule has 0 aliphatic heterocycles. The molecule has 84 valence electrons. The van der Waals surface area contributed by atoms with Gasteiger partial charge in [0.2, 0.25) is 0 Å². The monoisotopic (exact) mass is 223 g/mol. The average Bonchev–Trinajstić information content (AvgIpc) is 2.71. The van der Waals surface area contributed by atoms with Gasteiger partial charge >= 0.3 is 0 Å². The summed E-state index contributed by atoms with van der Waals surface area (Å²) in [6.07, 6.45) is 2.08. The molecule has 0 amide bonds. The predicted octanol–water partition coefficient (Wildman–Crippen LogP) is 3.01. The van der Waals surface area contributed by atoms with E-state index in [1.54, 1.807) is 0 Å². The number of benzene rings is 1. The van der Waals surface area contributed by atoms with Crippen LogP contribution in [0.1, 0.15) is 11.4 Å². The standard InChI is InChI=1S/C14H13N3/c1-10-4-3-5-12(8-10)13-6-7-14-16-15-11(2)17(14)9-13/h3-9H,1-2H3. The third kappa shape index (κ3) is 1.69. The molecule has 17 heavy (non-hydrogen) atoms. The number of pyridine rings is 1. The fourth-order valence-corrected chi connectivity index (χ4v) is 2.00. The van der Waals surface area contributed by atoms with Gasteiger partial charge in [0.25, 0.3) is 0 Å². The first-order chi connectivity index (χ1) is 8.24. The Labute approximate surface area is 99.7 Å². The normalized spacial score (nSPS) is 10.9. The maximum Gasteiger partial charge on any atom is 0.160 e. The molecule has 2 aromatic heterocycles. The third-order valence-corrected chi connectivity index (χ3v) is 2.92. The van der Waals surface area contributed by atoms with Crippen molar-refractivity contribution in [2.75, 3.05) is 0 Å². The highest BCUT2D eigenvalue weighted by atomic mass is 15.2. The second-order valence-electron chi connectivity index (χ2n) is 4.26. The first kappa shape index (κ1) is 10.0. The van der Waals surface area contributed by atoms with Crippen LogP contribution in [-0.2, 0) is 0 Å². The molecule has 0 unspecified atom stereocenters. The Morgan fingerprint density at radius 2 is 1.82 bits per heavy atom. The molecule has 0 spiro atoms. The van der Waals surface area contributed by atoms with E-state index < -0.39 is 0 Å². The van der Waals surface area contributed by atoms with Crippen molar-refractivity contribution >= 4 is 5.65 Å². The van der Waals surface area contributed by atoms with Crippen LogP contribution in [0.5, 0.6) is 0 Å². The minimum absolute atomic E-state index is 0.888. The molecule has 0 bridgehead atoms. The molecule has 3 heteroatoms. The van der Waals surface area contributed by atoms with E-state index in [1.807, 2.05) is 17.4 Å². The molecular weight excluding hydrogens is 210 g/mol. The first-order valence-electron chi connectivity index (χ1n) is 5.62. The zero-order valence-electron chi connectivity index (χ0n) is 9.88. The van der Waals surface area contributed by atoms with Gasteiger partial charge in [-0.15, -0.1) is 10.2 Å². The van der Waals surface area contributed by atoms with Crippen molar-refractivity contribution in [1.29, 1.82) is 0 Å². The van der Waals surface area contributed by atoms with Crippen LogP contribution < -0.4 is 0 Å². The quantitative estimate of drug-likeness (QED) is 0.634. The molecule has 0 aliphatic carbocycles. The van der Waals surface area contributed by atoms with Crippen molar-refractivity contribution < 1.29 is 0 Å². The smallest absolute Gasteiger partial charge is 0.160 e. The van der Waals surface area contributed by atoms with Gasteiger partial charge in [0, 0.05) is 6.20 Å². The Morgan fingerprint density at radius 3 is 2.65 bits per heavy atom. The summed E-state index contributed by atoms with van der Waals surface area (Å²) >= 11 is 0. The summed E-state index contributed by atoms with van der Waals surface area (Å²) in [5.74, 6) is 0.912. The second kappa shape index (κ2) is 3.70. The lowest BCUT2D eigenvalue weighted by atomic mass is 10.1. The summed E-state index contributed by atoms with van der Waals surface area (Å²) in [6.45, 7) is 4.06. The zero-order chi connectivity index (χ0) is 11.8. The van der Waals surface area contributed by atoms with Gasteiger partial charge in [-0.05, 0) is 37.1 Å². The summed E-state index contributed by atoms with van der Waals surface area (Å²) in [5, 5.41) is 8.14. The van der Waals surface area contributed by atoms with Crippen molar-refractivity contribution in [2.24, 2.45) is 0 Å². The number of fused-ring (bicyclic) bond motifs is 1. The van der Waals surface area contributed by atoms with E-state index in [1.165, 1.54) is 16.7 Å². The van der Waals surface area contributed by atoms with Crippen LogP contribution in [0.2, 0.25) is 0 Å². The maximum absolute atomic E-state index is 4.08. The average molecular weight is 223 g/mol. The number of hydrogen-bond donors (Lipinski definition) is 0. The largest absolute Gasteiger partial charge is 0.286 e. The van der Waals surface area contributed by atoms with Gasteiger partial charge in [-0.2, -0.15) is 0 Å². The lowest BCUT2D eigenvalue weighted by Gasteiger charge is -2.04. The molecule has 0 aliphatic rings. The van der Waals surface area contributed by atoms with Crippen molar-refractivity contribution in [3.8, 4) is 11.1 Å². The lowest BCUT2D eigenvalue weighted by Crippen LogP contribution is -1.89. The molecule has 0 saturated heterocycles. The van der Waals surface area contributed by atoms with E-state index in [2.05, 4.69) is 53.6 Å². The van der Waals surface area contributed by atoms with Gasteiger partial charge in [-0.1, -0.05) is 29.8 Å². The SMILES string of the molecule is Cc1cccc(-c2ccc3nnc(C)n3c2)c1. The molecule has 0 radical (unpaired) electrons. The molecule has 0 saturated carbocycles. The molecule has 2 heterocycles. The van der Waals surface area contributed by atoms with Gasteiger partial charge in [0.05, 0.1) is 0 Å². The highest BCUT2D eigenvalue weighted by Gasteiger charge is 2.03. The highest BCUT2D eigenvalue weighted by Crippen LogP contribution is 2.21. The zero-order valence-corrected chi connectivity index (χ0v) is 9.88. The molecule has 3 nitrogen and oxygen atoms in total. The lowest BCUT2D eigenvalue weighted by molar-refractivity contribution is 1.01. The van der Waals surface area contributed by atoms with E-state index in [0.29, 0.717) is 0 Å². The van der Waals surface area contributed by atoms with E-state index >= 15 is 0 Å². The first-order valence-corrected chi connectivity index (χ1v) is 5.62. The maximum atomic E-state index is 4.08. The molecule has 0 N–H and O–H groups in total. The Hall–Kier alpha value is -2.16. The molecule has 0 atom stereocenters. The number of nitrogens with zero attached hydrogens (tertiary/aromatic N) is 3. The van der Waals surface area contributed by atoms with Gasteiger partial charge in [0.1, 0.15) is 5.82 Å². The molecule has 3 aromatic rings. The van der Waals surface area contributed by atoms with E-state index in [0.717, 1.165) is 11.5 Å². The van der Waals surface area contributed by atoms with Crippen LogP contribution in [0.3, 0.4) is 0 Å². The molecule has 1 aromatic carbocycles. The Balaban J connectivity index is 2.20.